The van der Waals surface area contributed by atoms with Crippen LogP contribution < -0.4 is 10.0 Å². The van der Waals surface area contributed by atoms with Gasteiger partial charge in [-0.25, -0.2) is 8.42 Å². The van der Waals surface area contributed by atoms with Gasteiger partial charge in [-0.15, -0.1) is 0 Å². The van der Waals surface area contributed by atoms with Crippen LogP contribution in [-0.2, 0) is 10.0 Å². The lowest BCUT2D eigenvalue weighted by molar-refractivity contribution is -0.383. The highest BCUT2D eigenvalue weighted by Crippen LogP contribution is 2.27. The van der Waals surface area contributed by atoms with Crippen molar-refractivity contribution in [1.82, 2.24) is 0 Å². The third-order valence-corrected chi connectivity index (χ3v) is 6.23. The number of hydrogen-bond donors (Lipinski definition) is 2. The number of nitro benzene ring substituents is 1. The van der Waals surface area contributed by atoms with Crippen LogP contribution in [0.15, 0.2) is 82.2 Å². The van der Waals surface area contributed by atoms with E-state index >= 15 is 0 Å². The molecule has 3 aromatic carbocycles. The zero-order valence-electron chi connectivity index (χ0n) is 14.7. The number of carbonyl (C=O) groups excluding carboxylic acids is 1. The van der Waals surface area contributed by atoms with Gasteiger partial charge in [0.1, 0.15) is 10.6 Å². The number of nitrogens with zero attached hydrogens (tertiary/aromatic N) is 1. The van der Waals surface area contributed by atoms with Crippen molar-refractivity contribution < 1.29 is 18.1 Å². The molecule has 0 fully saturated rings. The fraction of sp³-hybridized carbons (Fsp3) is 0. The molecule has 0 bridgehead atoms. The van der Waals surface area contributed by atoms with Gasteiger partial charge >= 0.3 is 0 Å². The van der Waals surface area contributed by atoms with E-state index in [2.05, 4.69) is 26.0 Å². The van der Waals surface area contributed by atoms with E-state index < -0.39 is 20.9 Å². The minimum absolute atomic E-state index is 0.0113. The Morgan fingerprint density at radius 3 is 2.31 bits per heavy atom. The third kappa shape index (κ3) is 4.79. The van der Waals surface area contributed by atoms with Gasteiger partial charge in [-0.05, 0) is 52.3 Å². The molecule has 0 atom stereocenters. The number of nitro groups is 1. The van der Waals surface area contributed by atoms with Crippen LogP contribution in [0.4, 0.5) is 17.1 Å². The Kier molecular flexibility index (Phi) is 5.95. The van der Waals surface area contributed by atoms with Crippen molar-refractivity contribution in [1.29, 1.82) is 0 Å². The van der Waals surface area contributed by atoms with Gasteiger partial charge in [0.25, 0.3) is 21.6 Å². The maximum absolute atomic E-state index is 12.7. The van der Waals surface area contributed by atoms with Crippen molar-refractivity contribution in [2.45, 2.75) is 4.90 Å². The predicted molar refractivity (Wildman–Crippen MR) is 112 cm³/mol. The Hall–Kier alpha value is -3.24. The zero-order valence-corrected chi connectivity index (χ0v) is 17.1. The summed E-state index contributed by atoms with van der Waals surface area (Å²) >= 11 is 3.19. The largest absolute Gasteiger partial charge is 0.316 e. The van der Waals surface area contributed by atoms with Crippen LogP contribution in [0.3, 0.4) is 0 Å². The Morgan fingerprint density at radius 2 is 1.62 bits per heavy atom. The average Bonchev–Trinajstić information content (AvgIpc) is 2.68. The second-order valence-corrected chi connectivity index (χ2v) is 8.35. The van der Waals surface area contributed by atoms with Crippen molar-refractivity contribution in [3.63, 3.8) is 0 Å². The molecular formula is C19H14BrN3O5S. The lowest BCUT2D eigenvalue weighted by Gasteiger charge is -2.11. The van der Waals surface area contributed by atoms with Crippen molar-refractivity contribution in [2.75, 3.05) is 10.0 Å². The molecule has 0 aliphatic carbocycles. The SMILES string of the molecule is O=C(Nc1ccccc1[N+](=O)[O-])c1ccc(Br)c(S(=O)(=O)Nc2ccccc2)c1. The van der Waals surface area contributed by atoms with Gasteiger partial charge < -0.3 is 5.32 Å². The number of carbonyl (C=O) groups is 1. The monoisotopic (exact) mass is 475 g/mol. The molecule has 0 aliphatic heterocycles. The van der Waals surface area contributed by atoms with Crippen LogP contribution in [0, 0.1) is 10.1 Å². The zero-order chi connectivity index (χ0) is 21.0. The maximum atomic E-state index is 12.7. The van der Waals surface area contributed by atoms with Crippen molar-refractivity contribution >= 4 is 48.9 Å². The number of sulfonamides is 1. The molecule has 29 heavy (non-hydrogen) atoms. The Labute approximate surface area is 174 Å². The molecule has 2 N–H and O–H groups in total. The Morgan fingerprint density at radius 1 is 0.966 bits per heavy atom. The summed E-state index contributed by atoms with van der Waals surface area (Å²) in [7, 11) is -3.98. The summed E-state index contributed by atoms with van der Waals surface area (Å²) < 4.78 is 28.2. The van der Waals surface area contributed by atoms with Gasteiger partial charge in [0.05, 0.1) is 4.92 Å². The molecule has 0 heterocycles. The summed E-state index contributed by atoms with van der Waals surface area (Å²) in [6, 6.07) is 18.0. The van der Waals surface area contributed by atoms with E-state index in [0.717, 1.165) is 0 Å². The van der Waals surface area contributed by atoms with Gasteiger partial charge in [-0.3, -0.25) is 19.6 Å². The third-order valence-electron chi connectivity index (χ3n) is 3.86. The van der Waals surface area contributed by atoms with Crippen molar-refractivity contribution in [3.8, 4) is 0 Å². The fourth-order valence-electron chi connectivity index (χ4n) is 2.50. The summed E-state index contributed by atoms with van der Waals surface area (Å²) in [6.07, 6.45) is 0. The molecule has 0 aliphatic rings. The topological polar surface area (TPSA) is 118 Å². The smallest absolute Gasteiger partial charge is 0.292 e. The van der Waals surface area contributed by atoms with E-state index in [1.807, 2.05) is 0 Å². The van der Waals surface area contributed by atoms with Crippen molar-refractivity contribution in [2.24, 2.45) is 0 Å². The molecule has 148 valence electrons. The summed E-state index contributed by atoms with van der Waals surface area (Å²) in [5.41, 5.74) is 0.141. The second-order valence-electron chi connectivity index (χ2n) is 5.85. The Bertz CT molecular complexity index is 1180. The van der Waals surface area contributed by atoms with Crippen LogP contribution in [-0.4, -0.2) is 19.2 Å². The predicted octanol–water partition coefficient (Wildman–Crippen LogP) is 4.41. The molecule has 8 nitrogen and oxygen atoms in total. The van der Waals surface area contributed by atoms with E-state index in [0.29, 0.717) is 5.69 Å². The first-order chi connectivity index (χ1) is 13.8. The molecule has 3 aromatic rings. The highest BCUT2D eigenvalue weighted by Gasteiger charge is 2.21. The summed E-state index contributed by atoms with van der Waals surface area (Å²) in [5, 5.41) is 13.5. The number of anilines is 2. The number of para-hydroxylation sites is 3. The number of hydrogen-bond acceptors (Lipinski definition) is 5. The van der Waals surface area contributed by atoms with Gasteiger partial charge in [-0.1, -0.05) is 30.3 Å². The molecule has 3 rings (SSSR count). The lowest BCUT2D eigenvalue weighted by atomic mass is 10.2. The molecule has 0 spiro atoms. The quantitative estimate of drug-likeness (QED) is 0.404. The van der Waals surface area contributed by atoms with Gasteiger partial charge in [0.15, 0.2) is 0 Å². The molecular weight excluding hydrogens is 462 g/mol. The normalized spacial score (nSPS) is 10.9. The molecule has 0 aromatic heterocycles. The second kappa shape index (κ2) is 8.41. The van der Waals surface area contributed by atoms with Gasteiger partial charge in [0, 0.05) is 21.8 Å². The Balaban J connectivity index is 1.91. The number of rotatable bonds is 6. The summed E-state index contributed by atoms with van der Waals surface area (Å²) in [4.78, 5) is 22.9. The first-order valence-electron chi connectivity index (χ1n) is 8.20. The van der Waals surface area contributed by atoms with Crippen LogP contribution in [0.2, 0.25) is 0 Å². The standard InChI is InChI=1S/C19H14BrN3O5S/c20-15-11-10-13(19(24)21-16-8-4-5-9-17(16)23(25)26)12-18(15)29(27,28)22-14-6-2-1-3-7-14/h1-12,22H,(H,21,24). The van der Waals surface area contributed by atoms with E-state index in [1.54, 1.807) is 36.4 Å². The van der Waals surface area contributed by atoms with E-state index in [-0.39, 0.29) is 26.3 Å². The number of nitrogens with one attached hydrogen (secondary N) is 2. The minimum atomic E-state index is -3.98. The van der Waals surface area contributed by atoms with Gasteiger partial charge in [0.2, 0.25) is 0 Å². The number of halogens is 1. The van der Waals surface area contributed by atoms with Crippen LogP contribution in [0.25, 0.3) is 0 Å². The number of amides is 1. The van der Waals surface area contributed by atoms with E-state index in [1.165, 1.54) is 36.4 Å². The van der Waals surface area contributed by atoms with Crippen molar-refractivity contribution in [3.05, 3.63) is 92.9 Å². The summed E-state index contributed by atoms with van der Waals surface area (Å²) in [6.45, 7) is 0. The molecule has 0 radical (unpaired) electrons. The average molecular weight is 476 g/mol. The lowest BCUT2D eigenvalue weighted by Crippen LogP contribution is -2.17. The molecule has 10 heteroatoms. The maximum Gasteiger partial charge on any atom is 0.292 e. The summed E-state index contributed by atoms with van der Waals surface area (Å²) in [5.74, 6) is -0.678. The van der Waals surface area contributed by atoms with Crippen LogP contribution in [0.5, 0.6) is 0 Å². The molecule has 0 saturated carbocycles. The van der Waals surface area contributed by atoms with Gasteiger partial charge in [-0.2, -0.15) is 0 Å². The highest BCUT2D eigenvalue weighted by atomic mass is 79.9. The fourth-order valence-corrected chi connectivity index (χ4v) is 4.55. The first kappa shape index (κ1) is 20.5. The molecule has 0 unspecified atom stereocenters. The molecule has 1 amide bonds. The van der Waals surface area contributed by atoms with Crippen LogP contribution in [0.1, 0.15) is 10.4 Å². The van der Waals surface area contributed by atoms with E-state index in [9.17, 15) is 23.3 Å². The highest BCUT2D eigenvalue weighted by molar-refractivity contribution is 9.10. The minimum Gasteiger partial charge on any atom is -0.316 e. The first-order valence-corrected chi connectivity index (χ1v) is 10.5. The van der Waals surface area contributed by atoms with Crippen LogP contribution >= 0.6 is 15.9 Å². The molecule has 0 saturated heterocycles. The number of benzene rings is 3. The van der Waals surface area contributed by atoms with E-state index in [4.69, 9.17) is 0 Å².